The highest BCUT2D eigenvalue weighted by molar-refractivity contribution is 6.31. The minimum atomic E-state index is -0.833. The van der Waals surface area contributed by atoms with E-state index < -0.39 is 5.60 Å². The third kappa shape index (κ3) is 3.65. The molecule has 1 fully saturated rings. The van der Waals surface area contributed by atoms with Crippen LogP contribution in [0.4, 0.5) is 0 Å². The van der Waals surface area contributed by atoms with Crippen LogP contribution in [-0.2, 0) is 11.3 Å². The summed E-state index contributed by atoms with van der Waals surface area (Å²) in [5.41, 5.74) is 6.11. The monoisotopic (exact) mass is 313 g/mol. The van der Waals surface area contributed by atoms with Crippen LogP contribution in [0.15, 0.2) is 23.4 Å². The molecule has 1 aliphatic heterocycles. The van der Waals surface area contributed by atoms with E-state index >= 15 is 0 Å². The maximum atomic E-state index is 10.4. The summed E-state index contributed by atoms with van der Waals surface area (Å²) < 4.78 is 5.38. The second-order valence-electron chi connectivity index (χ2n) is 5.26. The van der Waals surface area contributed by atoms with E-state index in [0.29, 0.717) is 36.7 Å². The summed E-state index contributed by atoms with van der Waals surface area (Å²) in [5.74, 6) is 0.0163. The molecule has 2 rings (SSSR count). The van der Waals surface area contributed by atoms with Gasteiger partial charge in [-0.3, -0.25) is 0 Å². The number of hydrogen-bond donors (Lipinski definition) is 4. The van der Waals surface area contributed by atoms with Crippen molar-refractivity contribution in [1.82, 2.24) is 5.32 Å². The second kappa shape index (κ2) is 6.62. The third-order valence-corrected chi connectivity index (χ3v) is 4.21. The van der Waals surface area contributed by atoms with Crippen molar-refractivity contribution < 1.29 is 15.1 Å². The number of amidine groups is 1. The average molecular weight is 314 g/mol. The van der Waals surface area contributed by atoms with Crippen molar-refractivity contribution in [1.29, 1.82) is 0 Å². The zero-order valence-electron chi connectivity index (χ0n) is 11.8. The highest BCUT2D eigenvalue weighted by Crippen LogP contribution is 2.25. The summed E-state index contributed by atoms with van der Waals surface area (Å²) in [6, 6.07) is 5.18. The van der Waals surface area contributed by atoms with Crippen molar-refractivity contribution >= 4 is 17.4 Å². The zero-order chi connectivity index (χ0) is 15.5. The molecule has 0 aliphatic carbocycles. The number of hydrogen-bond acceptors (Lipinski definition) is 5. The third-order valence-electron chi connectivity index (χ3n) is 3.86. The van der Waals surface area contributed by atoms with Crippen molar-refractivity contribution in [3.63, 3.8) is 0 Å². The molecule has 1 heterocycles. The molecule has 0 spiro atoms. The van der Waals surface area contributed by atoms with Gasteiger partial charge >= 0.3 is 0 Å². The predicted octanol–water partition coefficient (Wildman–Crippen LogP) is 1.06. The molecular formula is C14H20ClN3O3. The number of nitrogens with zero attached hydrogens (tertiary/aromatic N) is 1. The van der Waals surface area contributed by atoms with Crippen LogP contribution in [0.2, 0.25) is 5.02 Å². The lowest BCUT2D eigenvalue weighted by atomic mass is 9.96. The summed E-state index contributed by atoms with van der Waals surface area (Å²) >= 11 is 6.17. The van der Waals surface area contributed by atoms with Crippen LogP contribution >= 0.6 is 11.6 Å². The van der Waals surface area contributed by atoms with Gasteiger partial charge in [-0.1, -0.05) is 28.9 Å². The zero-order valence-corrected chi connectivity index (χ0v) is 12.6. The number of nitrogens with two attached hydrogens (primary N) is 1. The van der Waals surface area contributed by atoms with Crippen LogP contribution in [0.25, 0.3) is 0 Å². The molecule has 6 nitrogen and oxygen atoms in total. The minimum absolute atomic E-state index is 0.0163. The van der Waals surface area contributed by atoms with Gasteiger partial charge in [-0.15, -0.1) is 0 Å². The Morgan fingerprint density at radius 1 is 1.62 bits per heavy atom. The van der Waals surface area contributed by atoms with Crippen molar-refractivity contribution in [3.8, 4) is 0 Å². The van der Waals surface area contributed by atoms with Crippen LogP contribution in [-0.4, -0.2) is 41.0 Å². The predicted molar refractivity (Wildman–Crippen MR) is 80.7 cm³/mol. The number of aliphatic hydroxyl groups is 1. The van der Waals surface area contributed by atoms with E-state index in [9.17, 15) is 5.11 Å². The van der Waals surface area contributed by atoms with Crippen LogP contribution in [0.1, 0.15) is 24.5 Å². The molecule has 0 amide bonds. The Morgan fingerprint density at radius 3 is 2.95 bits per heavy atom. The molecule has 1 aromatic carbocycles. The smallest absolute Gasteiger partial charge is 0.170 e. The quantitative estimate of drug-likeness (QED) is 0.282. The van der Waals surface area contributed by atoms with Crippen LogP contribution in [0, 0.1) is 0 Å². The van der Waals surface area contributed by atoms with Gasteiger partial charge in [-0.2, -0.15) is 0 Å². The molecule has 0 radical (unpaired) electrons. The lowest BCUT2D eigenvalue weighted by molar-refractivity contribution is -0.0262. The fourth-order valence-corrected chi connectivity index (χ4v) is 2.57. The fourth-order valence-electron chi connectivity index (χ4n) is 2.32. The largest absolute Gasteiger partial charge is 0.409 e. The maximum absolute atomic E-state index is 10.4. The standard InChI is InChI=1S/C14H20ClN3O3/c1-9-14(19,4-5-21-9)8-17-7-11-3-2-10(6-12(11)15)13(16)18-20/h2-3,6,9,17,19-20H,4-5,7-8H2,1H3,(H2,16,18). The lowest BCUT2D eigenvalue weighted by Gasteiger charge is -2.26. The minimum Gasteiger partial charge on any atom is -0.409 e. The molecule has 5 N–H and O–H groups in total. The van der Waals surface area contributed by atoms with E-state index in [0.717, 1.165) is 5.56 Å². The number of rotatable bonds is 5. The van der Waals surface area contributed by atoms with E-state index in [-0.39, 0.29) is 11.9 Å². The van der Waals surface area contributed by atoms with Gasteiger partial charge in [0, 0.05) is 36.7 Å². The van der Waals surface area contributed by atoms with Crippen LogP contribution in [0.3, 0.4) is 0 Å². The Hall–Kier alpha value is -1.34. The Bertz CT molecular complexity index is 538. The van der Waals surface area contributed by atoms with Gasteiger partial charge in [-0.25, -0.2) is 0 Å². The normalized spacial score (nSPS) is 26.2. The molecule has 116 valence electrons. The fraction of sp³-hybridized carbons (Fsp3) is 0.500. The number of halogens is 1. The highest BCUT2D eigenvalue weighted by Gasteiger charge is 2.38. The van der Waals surface area contributed by atoms with Gasteiger partial charge in [0.25, 0.3) is 0 Å². The summed E-state index contributed by atoms with van der Waals surface area (Å²) in [6.07, 6.45) is 0.445. The molecule has 7 heteroatoms. The molecule has 1 aliphatic rings. The van der Waals surface area contributed by atoms with Gasteiger partial charge in [0.1, 0.15) is 5.60 Å². The van der Waals surface area contributed by atoms with Crippen LogP contribution < -0.4 is 11.1 Å². The van der Waals surface area contributed by atoms with E-state index in [1.807, 2.05) is 6.92 Å². The SMILES string of the molecule is CC1OCCC1(O)CNCc1ccc(/C(N)=N/O)cc1Cl. The van der Waals surface area contributed by atoms with Crippen molar-refractivity contribution in [2.24, 2.45) is 10.9 Å². The maximum Gasteiger partial charge on any atom is 0.170 e. The topological polar surface area (TPSA) is 100 Å². The second-order valence-corrected chi connectivity index (χ2v) is 5.67. The Balaban J connectivity index is 1.95. The van der Waals surface area contributed by atoms with Gasteiger partial charge in [-0.05, 0) is 18.6 Å². The van der Waals surface area contributed by atoms with E-state index in [1.54, 1.807) is 18.2 Å². The molecule has 1 saturated heterocycles. The summed E-state index contributed by atoms with van der Waals surface area (Å²) in [5, 5.41) is 25.7. The summed E-state index contributed by atoms with van der Waals surface area (Å²) in [4.78, 5) is 0. The van der Waals surface area contributed by atoms with Gasteiger partial charge in [0.2, 0.25) is 0 Å². The first kappa shape index (κ1) is 16.0. The molecule has 2 atom stereocenters. The molecule has 21 heavy (non-hydrogen) atoms. The van der Waals surface area contributed by atoms with E-state index in [2.05, 4.69) is 10.5 Å². The van der Waals surface area contributed by atoms with Gasteiger partial charge < -0.3 is 26.1 Å². The van der Waals surface area contributed by atoms with Gasteiger partial charge in [0.05, 0.1) is 6.10 Å². The molecular weight excluding hydrogens is 294 g/mol. The van der Waals surface area contributed by atoms with Gasteiger partial charge in [0.15, 0.2) is 5.84 Å². The Labute approximate surface area is 128 Å². The first-order chi connectivity index (χ1) is 9.96. The lowest BCUT2D eigenvalue weighted by Crippen LogP contribution is -2.45. The molecule has 0 aromatic heterocycles. The van der Waals surface area contributed by atoms with Crippen molar-refractivity contribution in [2.45, 2.75) is 31.6 Å². The summed E-state index contributed by atoms with van der Waals surface area (Å²) in [6.45, 7) is 3.40. The van der Waals surface area contributed by atoms with Crippen molar-refractivity contribution in [3.05, 3.63) is 34.3 Å². The average Bonchev–Trinajstić information content (AvgIpc) is 2.79. The first-order valence-electron chi connectivity index (χ1n) is 6.77. The Morgan fingerprint density at radius 2 is 2.38 bits per heavy atom. The number of ether oxygens (including phenoxy) is 1. The van der Waals surface area contributed by atoms with Crippen LogP contribution in [0.5, 0.6) is 0 Å². The first-order valence-corrected chi connectivity index (χ1v) is 7.15. The number of nitrogens with one attached hydrogen (secondary N) is 1. The molecule has 2 unspecified atom stereocenters. The molecule has 0 bridgehead atoms. The molecule has 1 aromatic rings. The Kier molecular flexibility index (Phi) is 5.05. The van der Waals surface area contributed by atoms with Crippen molar-refractivity contribution in [2.75, 3.05) is 13.2 Å². The number of benzene rings is 1. The van der Waals surface area contributed by atoms with E-state index in [1.165, 1.54) is 0 Å². The summed E-state index contributed by atoms with van der Waals surface area (Å²) in [7, 11) is 0. The van der Waals surface area contributed by atoms with E-state index in [4.69, 9.17) is 27.3 Å². The number of oxime groups is 1. The molecule has 0 saturated carbocycles. The highest BCUT2D eigenvalue weighted by atomic mass is 35.5.